The molecule has 3 rings (SSSR count). The van der Waals surface area contributed by atoms with Gasteiger partial charge < -0.3 is 20.5 Å². The van der Waals surface area contributed by atoms with Crippen molar-refractivity contribution in [2.75, 3.05) is 6.61 Å². The normalized spacial score (nSPS) is 22.1. The highest BCUT2D eigenvalue weighted by Gasteiger charge is 2.33. The minimum absolute atomic E-state index is 0.0884. The van der Waals surface area contributed by atoms with E-state index < -0.39 is 6.10 Å². The molecule has 0 aliphatic carbocycles. The maximum absolute atomic E-state index is 12.4. The molecule has 0 unspecified atom stereocenters. The fraction of sp³-hybridized carbons (Fsp3) is 0.435. The predicted molar refractivity (Wildman–Crippen MR) is 112 cm³/mol. The van der Waals surface area contributed by atoms with Crippen LogP contribution in [0.25, 0.3) is 0 Å². The van der Waals surface area contributed by atoms with Gasteiger partial charge in [0, 0.05) is 11.9 Å². The molecule has 1 aromatic carbocycles. The van der Waals surface area contributed by atoms with Crippen LogP contribution in [0.2, 0.25) is 0 Å². The van der Waals surface area contributed by atoms with E-state index in [9.17, 15) is 14.7 Å². The lowest BCUT2D eigenvalue weighted by molar-refractivity contribution is -0.136. The van der Waals surface area contributed by atoms with Gasteiger partial charge in [0.2, 0.25) is 11.8 Å². The Morgan fingerprint density at radius 1 is 1.13 bits per heavy atom. The fourth-order valence-corrected chi connectivity index (χ4v) is 3.70. The second kappa shape index (κ2) is 10.8. The van der Waals surface area contributed by atoms with Crippen LogP contribution in [0.15, 0.2) is 54.7 Å². The van der Waals surface area contributed by atoms with Crippen LogP contribution in [-0.4, -0.2) is 46.8 Å². The Kier molecular flexibility index (Phi) is 7.93. The number of ether oxygens (including phenoxy) is 1. The van der Waals surface area contributed by atoms with Crippen molar-refractivity contribution in [2.45, 2.75) is 56.9 Å². The lowest BCUT2D eigenvalue weighted by Crippen LogP contribution is -2.51. The average Bonchev–Trinajstić information content (AvgIpc) is 2.76. The summed E-state index contributed by atoms with van der Waals surface area (Å²) >= 11 is 0. The fourth-order valence-electron chi connectivity index (χ4n) is 3.70. The molecule has 1 aromatic heterocycles. The van der Waals surface area contributed by atoms with E-state index in [4.69, 9.17) is 4.74 Å². The van der Waals surface area contributed by atoms with Gasteiger partial charge in [-0.15, -0.1) is 0 Å². The molecule has 1 aliphatic rings. The van der Waals surface area contributed by atoms with Crippen molar-refractivity contribution < 1.29 is 19.4 Å². The van der Waals surface area contributed by atoms with Crippen LogP contribution in [-0.2, 0) is 20.7 Å². The van der Waals surface area contributed by atoms with E-state index in [0.717, 1.165) is 5.56 Å². The van der Waals surface area contributed by atoms with Gasteiger partial charge in [-0.1, -0.05) is 36.4 Å². The van der Waals surface area contributed by atoms with Crippen molar-refractivity contribution in [3.05, 3.63) is 66.0 Å². The molecule has 1 aliphatic heterocycles. The summed E-state index contributed by atoms with van der Waals surface area (Å²) in [5.74, 6) is -0.251. The monoisotopic (exact) mass is 411 g/mol. The van der Waals surface area contributed by atoms with E-state index >= 15 is 0 Å². The number of pyridine rings is 1. The van der Waals surface area contributed by atoms with Gasteiger partial charge in [-0.3, -0.25) is 14.6 Å². The highest BCUT2D eigenvalue weighted by molar-refractivity contribution is 5.78. The van der Waals surface area contributed by atoms with E-state index in [-0.39, 0.29) is 49.5 Å². The predicted octanol–water partition coefficient (Wildman–Crippen LogP) is 1.92. The molecule has 0 saturated carbocycles. The van der Waals surface area contributed by atoms with Gasteiger partial charge in [0.15, 0.2) is 0 Å². The minimum atomic E-state index is -0.532. The van der Waals surface area contributed by atoms with Gasteiger partial charge in [0.1, 0.15) is 6.10 Å². The van der Waals surface area contributed by atoms with E-state index in [2.05, 4.69) is 15.6 Å². The highest BCUT2D eigenvalue weighted by atomic mass is 16.5. The SMILES string of the molecule is C[C@@H](NC(=O)C[C@H]1CC[C@@H](NC(=O)Cc2ccccn2)[C@@H](CO)O1)c1ccccc1. The Balaban J connectivity index is 1.46. The summed E-state index contributed by atoms with van der Waals surface area (Å²) in [4.78, 5) is 28.9. The number of hydrogen-bond acceptors (Lipinski definition) is 5. The number of carbonyl (C=O) groups excluding carboxylic acids is 2. The number of benzene rings is 1. The summed E-state index contributed by atoms with van der Waals surface area (Å²) < 4.78 is 5.92. The number of aliphatic hydroxyl groups excluding tert-OH is 1. The molecule has 30 heavy (non-hydrogen) atoms. The first kappa shape index (κ1) is 21.9. The molecule has 1 saturated heterocycles. The molecule has 1 fully saturated rings. The van der Waals surface area contributed by atoms with Crippen LogP contribution >= 0.6 is 0 Å². The third kappa shape index (κ3) is 6.37. The molecule has 2 aromatic rings. The number of aliphatic hydroxyl groups is 1. The molecule has 4 atom stereocenters. The van der Waals surface area contributed by atoms with Crippen molar-refractivity contribution in [1.82, 2.24) is 15.6 Å². The van der Waals surface area contributed by atoms with Crippen LogP contribution in [0.1, 0.15) is 43.5 Å². The Morgan fingerprint density at radius 2 is 1.90 bits per heavy atom. The largest absolute Gasteiger partial charge is 0.394 e. The summed E-state index contributed by atoms with van der Waals surface area (Å²) in [5, 5.41) is 15.6. The lowest BCUT2D eigenvalue weighted by Gasteiger charge is -2.36. The quantitative estimate of drug-likeness (QED) is 0.616. The number of aromatic nitrogens is 1. The number of rotatable bonds is 8. The summed E-state index contributed by atoms with van der Waals surface area (Å²) in [6, 6.07) is 14.8. The minimum Gasteiger partial charge on any atom is -0.394 e. The molecule has 7 heteroatoms. The van der Waals surface area contributed by atoms with Crippen molar-refractivity contribution >= 4 is 11.8 Å². The van der Waals surface area contributed by atoms with Crippen LogP contribution in [0.4, 0.5) is 0 Å². The summed E-state index contributed by atoms with van der Waals surface area (Å²) in [6.07, 6.45) is 2.52. The summed E-state index contributed by atoms with van der Waals surface area (Å²) in [6.45, 7) is 1.73. The zero-order valence-electron chi connectivity index (χ0n) is 17.2. The zero-order chi connectivity index (χ0) is 21.3. The second-order valence-electron chi connectivity index (χ2n) is 7.63. The molecule has 3 N–H and O–H groups in total. The van der Waals surface area contributed by atoms with Crippen LogP contribution in [0.3, 0.4) is 0 Å². The zero-order valence-corrected chi connectivity index (χ0v) is 17.2. The Bertz CT molecular complexity index is 816. The van der Waals surface area contributed by atoms with Crippen LogP contribution in [0.5, 0.6) is 0 Å². The molecule has 0 radical (unpaired) electrons. The first-order valence-electron chi connectivity index (χ1n) is 10.3. The van der Waals surface area contributed by atoms with Crippen molar-refractivity contribution in [3.8, 4) is 0 Å². The highest BCUT2D eigenvalue weighted by Crippen LogP contribution is 2.22. The lowest BCUT2D eigenvalue weighted by atomic mass is 9.96. The van der Waals surface area contributed by atoms with E-state index in [1.54, 1.807) is 18.3 Å². The topological polar surface area (TPSA) is 101 Å². The maximum atomic E-state index is 12.4. The van der Waals surface area contributed by atoms with Crippen molar-refractivity contribution in [3.63, 3.8) is 0 Å². The number of nitrogens with one attached hydrogen (secondary N) is 2. The van der Waals surface area contributed by atoms with Crippen molar-refractivity contribution in [2.24, 2.45) is 0 Å². The molecule has 7 nitrogen and oxygen atoms in total. The molecule has 0 spiro atoms. The van der Waals surface area contributed by atoms with E-state index in [1.165, 1.54) is 0 Å². The smallest absolute Gasteiger partial charge is 0.226 e. The average molecular weight is 412 g/mol. The number of carbonyl (C=O) groups is 2. The van der Waals surface area contributed by atoms with Gasteiger partial charge >= 0.3 is 0 Å². The first-order chi connectivity index (χ1) is 14.5. The number of hydrogen-bond donors (Lipinski definition) is 3. The Morgan fingerprint density at radius 3 is 2.60 bits per heavy atom. The number of amides is 2. The van der Waals surface area contributed by atoms with Crippen LogP contribution < -0.4 is 10.6 Å². The molecular formula is C23H29N3O4. The second-order valence-corrected chi connectivity index (χ2v) is 7.63. The maximum Gasteiger partial charge on any atom is 0.226 e. The Labute approximate surface area is 176 Å². The molecule has 2 heterocycles. The Hall–Kier alpha value is -2.77. The molecule has 0 bridgehead atoms. The van der Waals surface area contributed by atoms with Gasteiger partial charge in [-0.2, -0.15) is 0 Å². The van der Waals surface area contributed by atoms with Gasteiger partial charge in [-0.25, -0.2) is 0 Å². The third-order valence-electron chi connectivity index (χ3n) is 5.30. The van der Waals surface area contributed by atoms with Gasteiger partial charge in [0.25, 0.3) is 0 Å². The third-order valence-corrected chi connectivity index (χ3v) is 5.30. The molecule has 160 valence electrons. The van der Waals surface area contributed by atoms with Crippen LogP contribution in [0, 0.1) is 0 Å². The molecular weight excluding hydrogens is 382 g/mol. The molecule has 2 amide bonds. The van der Waals surface area contributed by atoms with E-state index in [1.807, 2.05) is 43.3 Å². The standard InChI is InChI=1S/C23H29N3O4/c1-16(17-7-3-2-4-8-17)25-23(29)14-19-10-11-20(21(15-27)30-19)26-22(28)13-18-9-5-6-12-24-18/h2-9,12,16,19-21,27H,10-11,13-15H2,1H3,(H,25,29)(H,26,28)/t16-,19-,20-,21-/m1/s1. The van der Waals surface area contributed by atoms with E-state index in [0.29, 0.717) is 18.5 Å². The van der Waals surface area contributed by atoms with Gasteiger partial charge in [0.05, 0.1) is 37.6 Å². The summed E-state index contributed by atoms with van der Waals surface area (Å²) in [5.41, 5.74) is 1.73. The number of nitrogens with zero attached hydrogens (tertiary/aromatic N) is 1. The van der Waals surface area contributed by atoms with Gasteiger partial charge in [-0.05, 0) is 37.5 Å². The van der Waals surface area contributed by atoms with Crippen molar-refractivity contribution in [1.29, 1.82) is 0 Å². The first-order valence-corrected chi connectivity index (χ1v) is 10.3. The summed E-state index contributed by atoms with van der Waals surface area (Å²) in [7, 11) is 0.